The molecule has 0 amide bonds. The van der Waals surface area contributed by atoms with E-state index in [4.69, 9.17) is 0 Å². The number of benzene rings is 1. The van der Waals surface area contributed by atoms with Crippen molar-refractivity contribution in [2.45, 2.75) is 65.9 Å². The van der Waals surface area contributed by atoms with Crippen molar-refractivity contribution in [1.29, 1.82) is 0 Å². The van der Waals surface area contributed by atoms with Crippen LogP contribution in [-0.4, -0.2) is 53.4 Å². The topological polar surface area (TPSA) is 0 Å². The maximum absolute atomic E-state index is 13.8. The highest BCUT2D eigenvalue weighted by molar-refractivity contribution is 7.99. The molecule has 0 aromatic heterocycles. The zero-order valence-corrected chi connectivity index (χ0v) is 17.4. The van der Waals surface area contributed by atoms with Gasteiger partial charge in [-0.25, -0.2) is 0 Å². The second-order valence-electron chi connectivity index (χ2n) is 7.06. The third kappa shape index (κ3) is 4.86. The van der Waals surface area contributed by atoms with Gasteiger partial charge in [-0.3, -0.25) is 0 Å². The second kappa shape index (κ2) is 9.04. The van der Waals surface area contributed by atoms with Crippen LogP contribution < -0.4 is 0 Å². The summed E-state index contributed by atoms with van der Waals surface area (Å²) in [5.41, 5.74) is 0.627. The molecule has 0 aliphatic heterocycles. The molecule has 35 heavy (non-hydrogen) atoms. The molecule has 0 fully saturated rings. The fraction of sp³-hybridized carbons (Fsp3) is 0.647. The zero-order valence-electron chi connectivity index (χ0n) is 16.6. The Balaban J connectivity index is 3.34. The summed E-state index contributed by atoms with van der Waals surface area (Å²) in [6, 6.07) is 5.20. The molecular weight excluding hydrogens is 559 g/mol. The van der Waals surface area contributed by atoms with Gasteiger partial charge in [0, 0.05) is 17.1 Å². The Kier molecular flexibility index (Phi) is 8.12. The lowest BCUT2D eigenvalue weighted by Crippen LogP contribution is -2.74. The summed E-state index contributed by atoms with van der Waals surface area (Å²) in [4.78, 5) is 0.0624. The number of thioether (sulfide) groups is 1. The van der Waals surface area contributed by atoms with E-state index >= 15 is 0 Å². The summed E-state index contributed by atoms with van der Waals surface area (Å²) >= 11 is 0.268. The Morgan fingerprint density at radius 3 is 1.23 bits per heavy atom. The number of halogens is 17. The lowest BCUT2D eigenvalue weighted by Gasteiger charge is -2.42. The molecule has 0 spiro atoms. The Morgan fingerprint density at radius 2 is 0.857 bits per heavy atom. The van der Waals surface area contributed by atoms with E-state index in [0.717, 1.165) is 0 Å². The third-order valence-electron chi connectivity index (χ3n) is 4.49. The van der Waals surface area contributed by atoms with Crippen molar-refractivity contribution < 1.29 is 74.6 Å². The molecule has 0 bridgehead atoms. The van der Waals surface area contributed by atoms with Gasteiger partial charge in [-0.05, 0) is 19.1 Å². The SMILES string of the molecule is Cc1ccc(SCCC(F)(F)C(F)(F)C(F)(F)C(F)(F)C(F)(F)C(F)(F)C(F)(F)C(F)(F)F)cc1. The van der Waals surface area contributed by atoms with Crippen molar-refractivity contribution in [2.75, 3.05) is 5.75 Å². The third-order valence-corrected chi connectivity index (χ3v) is 5.51. The van der Waals surface area contributed by atoms with Crippen LogP contribution in [-0.2, 0) is 0 Å². The predicted octanol–water partition coefficient (Wildman–Crippen LogP) is 8.49. The minimum Gasteiger partial charge on any atom is -0.200 e. The Morgan fingerprint density at radius 1 is 0.514 bits per heavy atom. The number of alkyl halides is 17. The average molecular weight is 570 g/mol. The standard InChI is InChI=1S/C17H11F17S/c1-8-2-4-9(5-3-8)35-7-6-10(18,19)11(20,21)12(22,23)13(24,25)14(26,27)15(28,29)16(30,31)17(32,33)34/h2-5H,6-7H2,1H3. The highest BCUT2D eigenvalue weighted by atomic mass is 32.2. The largest absolute Gasteiger partial charge is 0.460 e. The van der Waals surface area contributed by atoms with Crippen molar-refractivity contribution >= 4 is 11.8 Å². The number of hydrogen-bond acceptors (Lipinski definition) is 1. The van der Waals surface area contributed by atoms with Crippen molar-refractivity contribution in [3.05, 3.63) is 29.8 Å². The molecule has 1 aromatic carbocycles. The van der Waals surface area contributed by atoms with Gasteiger partial charge in [0.05, 0.1) is 0 Å². The monoisotopic (exact) mass is 570 g/mol. The van der Waals surface area contributed by atoms with Gasteiger partial charge in [0.25, 0.3) is 0 Å². The van der Waals surface area contributed by atoms with E-state index in [0.29, 0.717) is 5.56 Å². The predicted molar refractivity (Wildman–Crippen MR) is 87.2 cm³/mol. The van der Waals surface area contributed by atoms with Crippen molar-refractivity contribution in [3.63, 3.8) is 0 Å². The molecule has 0 unspecified atom stereocenters. The summed E-state index contributed by atoms with van der Waals surface area (Å²) in [5.74, 6) is -57.2. The molecule has 0 nitrogen and oxygen atoms in total. The van der Waals surface area contributed by atoms with Gasteiger partial charge < -0.3 is 0 Å². The van der Waals surface area contributed by atoms with Crippen molar-refractivity contribution in [3.8, 4) is 0 Å². The van der Waals surface area contributed by atoms with E-state index in [2.05, 4.69) is 0 Å². The number of hydrogen-bond donors (Lipinski definition) is 0. The van der Waals surface area contributed by atoms with E-state index in [9.17, 15) is 74.6 Å². The van der Waals surface area contributed by atoms with Crippen LogP contribution >= 0.6 is 11.8 Å². The van der Waals surface area contributed by atoms with Crippen LogP contribution in [0.25, 0.3) is 0 Å². The van der Waals surface area contributed by atoms with E-state index in [1.165, 1.54) is 24.3 Å². The van der Waals surface area contributed by atoms with Gasteiger partial charge in [0.2, 0.25) is 0 Å². The highest BCUT2D eigenvalue weighted by Gasteiger charge is 2.95. The average Bonchev–Trinajstić information content (AvgIpc) is 2.67. The first-order valence-electron chi connectivity index (χ1n) is 8.63. The zero-order chi connectivity index (χ0) is 28.1. The maximum Gasteiger partial charge on any atom is 0.460 e. The Labute approximate surface area is 188 Å². The molecule has 0 saturated carbocycles. The first-order valence-corrected chi connectivity index (χ1v) is 9.62. The maximum atomic E-state index is 13.8. The summed E-state index contributed by atoms with van der Waals surface area (Å²) in [5, 5.41) is 0. The van der Waals surface area contributed by atoms with Gasteiger partial charge >= 0.3 is 47.6 Å². The number of aryl methyl sites for hydroxylation is 1. The molecule has 0 aliphatic rings. The molecular formula is C17H11F17S. The van der Waals surface area contributed by atoms with Crippen LogP contribution in [0, 0.1) is 6.92 Å². The van der Waals surface area contributed by atoms with Crippen LogP contribution in [0.5, 0.6) is 0 Å². The minimum absolute atomic E-state index is 0.0624. The molecule has 0 N–H and O–H groups in total. The molecule has 1 rings (SSSR count). The van der Waals surface area contributed by atoms with Gasteiger partial charge in [-0.15, -0.1) is 11.8 Å². The normalized spacial score (nSPS) is 15.5. The van der Waals surface area contributed by atoms with Crippen LogP contribution in [0.1, 0.15) is 12.0 Å². The summed E-state index contributed by atoms with van der Waals surface area (Å²) in [6.07, 6.45) is -10.2. The smallest absolute Gasteiger partial charge is 0.200 e. The molecule has 0 radical (unpaired) electrons. The minimum atomic E-state index is -8.60. The van der Waals surface area contributed by atoms with Gasteiger partial charge in [0.1, 0.15) is 0 Å². The summed E-state index contributed by atoms with van der Waals surface area (Å²) in [7, 11) is 0. The van der Waals surface area contributed by atoms with Crippen LogP contribution in [0.3, 0.4) is 0 Å². The van der Waals surface area contributed by atoms with E-state index in [-0.39, 0.29) is 16.7 Å². The highest BCUT2D eigenvalue weighted by Crippen LogP contribution is 2.64. The molecule has 18 heteroatoms. The van der Waals surface area contributed by atoms with Crippen molar-refractivity contribution in [1.82, 2.24) is 0 Å². The lowest BCUT2D eigenvalue weighted by molar-refractivity contribution is -0.461. The van der Waals surface area contributed by atoms with E-state index in [1.54, 1.807) is 6.92 Å². The van der Waals surface area contributed by atoms with E-state index < -0.39 is 59.8 Å². The van der Waals surface area contributed by atoms with E-state index in [1.807, 2.05) is 0 Å². The fourth-order valence-electron chi connectivity index (χ4n) is 2.28. The number of rotatable bonds is 10. The van der Waals surface area contributed by atoms with Crippen molar-refractivity contribution in [2.24, 2.45) is 0 Å². The Hall–Kier alpha value is -1.62. The molecule has 0 aliphatic carbocycles. The van der Waals surface area contributed by atoms with Gasteiger partial charge in [-0.1, -0.05) is 17.7 Å². The molecule has 1 aromatic rings. The van der Waals surface area contributed by atoms with Gasteiger partial charge in [0.15, 0.2) is 0 Å². The first-order chi connectivity index (χ1) is 15.2. The molecule has 0 atom stereocenters. The summed E-state index contributed by atoms with van der Waals surface area (Å²) in [6.45, 7) is 1.56. The van der Waals surface area contributed by atoms with Crippen LogP contribution in [0.2, 0.25) is 0 Å². The van der Waals surface area contributed by atoms with Crippen LogP contribution in [0.15, 0.2) is 29.2 Å². The molecule has 0 saturated heterocycles. The molecule has 0 heterocycles. The Bertz CT molecular complexity index is 870. The molecule has 204 valence electrons. The van der Waals surface area contributed by atoms with Gasteiger partial charge in [-0.2, -0.15) is 74.6 Å². The quantitative estimate of drug-likeness (QED) is 0.201. The fourth-order valence-corrected chi connectivity index (χ4v) is 3.21. The first kappa shape index (κ1) is 31.4. The second-order valence-corrected chi connectivity index (χ2v) is 8.23. The summed E-state index contributed by atoms with van der Waals surface area (Å²) < 4.78 is 224. The van der Waals surface area contributed by atoms with Crippen LogP contribution in [0.4, 0.5) is 74.6 Å². The lowest BCUT2D eigenvalue weighted by atomic mass is 9.88.